The van der Waals surface area contributed by atoms with E-state index in [1.54, 1.807) is 6.07 Å². The maximum atomic E-state index is 12.4. The quantitative estimate of drug-likeness (QED) is 0.861. The Bertz CT molecular complexity index is 578. The highest BCUT2D eigenvalue weighted by molar-refractivity contribution is 7.80. The molecule has 0 aromatic carbocycles. The summed E-state index contributed by atoms with van der Waals surface area (Å²) < 4.78 is 1.87. The Hall–Kier alpha value is -1.16. The molecule has 2 N–H and O–H groups in total. The number of thiocarbonyl (C=S) groups is 1. The molecule has 0 aliphatic heterocycles. The number of nitrogens with zero attached hydrogens (tertiary/aromatic N) is 1. The molecule has 0 radical (unpaired) electrons. The van der Waals surface area contributed by atoms with Gasteiger partial charge in [0.2, 0.25) is 0 Å². The van der Waals surface area contributed by atoms with Crippen LogP contribution in [0.5, 0.6) is 0 Å². The molecule has 102 valence electrons. The summed E-state index contributed by atoms with van der Waals surface area (Å²) in [5, 5.41) is 0. The highest BCUT2D eigenvalue weighted by Gasteiger charge is 2.39. The molecule has 1 aromatic heterocycles. The van der Waals surface area contributed by atoms with Crippen LogP contribution in [0.3, 0.4) is 0 Å². The molecule has 2 fully saturated rings. The molecule has 2 aliphatic carbocycles. The molecule has 2 aliphatic rings. The van der Waals surface area contributed by atoms with Gasteiger partial charge in [-0.1, -0.05) is 18.6 Å². The van der Waals surface area contributed by atoms with Gasteiger partial charge in [0.05, 0.1) is 5.56 Å². The fraction of sp³-hybridized carbons (Fsp3) is 0.600. The van der Waals surface area contributed by atoms with E-state index in [9.17, 15) is 4.79 Å². The minimum absolute atomic E-state index is 0.0183. The van der Waals surface area contributed by atoms with Gasteiger partial charge >= 0.3 is 0 Å². The number of rotatable bonds is 3. The first-order valence-corrected chi connectivity index (χ1v) is 7.47. The minimum atomic E-state index is -0.0183. The topological polar surface area (TPSA) is 48.0 Å². The van der Waals surface area contributed by atoms with Gasteiger partial charge in [0.15, 0.2) is 0 Å². The summed E-state index contributed by atoms with van der Waals surface area (Å²) in [6.45, 7) is 2.82. The van der Waals surface area contributed by atoms with Crippen LogP contribution in [0.25, 0.3) is 0 Å². The van der Waals surface area contributed by atoms with Gasteiger partial charge in [0.25, 0.3) is 5.56 Å². The van der Waals surface area contributed by atoms with Gasteiger partial charge in [0.1, 0.15) is 4.99 Å². The van der Waals surface area contributed by atoms with E-state index >= 15 is 0 Å². The molecule has 3 nitrogen and oxygen atoms in total. The Kier molecular flexibility index (Phi) is 3.21. The standard InChI is InChI=1S/C15H20N2OS/c1-9-2-5-13(14(16)19)15(18)17(9)8-12-7-10-3-4-11(12)6-10/h2,5,10-12H,3-4,6-8H2,1H3,(H2,16,19). The van der Waals surface area contributed by atoms with Crippen LogP contribution in [0.2, 0.25) is 0 Å². The Balaban J connectivity index is 1.90. The molecule has 3 rings (SSSR count). The molecule has 0 spiro atoms. The van der Waals surface area contributed by atoms with Crippen LogP contribution in [0, 0.1) is 24.7 Å². The van der Waals surface area contributed by atoms with Gasteiger partial charge in [-0.2, -0.15) is 0 Å². The Morgan fingerprint density at radius 2 is 2.21 bits per heavy atom. The highest BCUT2D eigenvalue weighted by Crippen LogP contribution is 2.48. The van der Waals surface area contributed by atoms with Crippen molar-refractivity contribution in [1.82, 2.24) is 4.57 Å². The number of hydrogen-bond acceptors (Lipinski definition) is 2. The van der Waals surface area contributed by atoms with Gasteiger partial charge in [-0.15, -0.1) is 0 Å². The molecular formula is C15H20N2OS. The second kappa shape index (κ2) is 4.75. The normalized spacial score (nSPS) is 28.8. The zero-order valence-electron chi connectivity index (χ0n) is 11.3. The lowest BCUT2D eigenvalue weighted by Crippen LogP contribution is -2.33. The highest BCUT2D eigenvalue weighted by atomic mass is 32.1. The monoisotopic (exact) mass is 276 g/mol. The van der Waals surface area contributed by atoms with Crippen molar-refractivity contribution in [3.8, 4) is 0 Å². The fourth-order valence-corrected chi connectivity index (χ4v) is 4.08. The summed E-state index contributed by atoms with van der Waals surface area (Å²) in [6, 6.07) is 3.69. The third kappa shape index (κ3) is 2.22. The number of pyridine rings is 1. The molecule has 2 saturated carbocycles. The van der Waals surface area contributed by atoms with E-state index in [0.717, 1.165) is 24.1 Å². The first-order valence-electron chi connectivity index (χ1n) is 7.06. The molecule has 1 aromatic rings. The average molecular weight is 276 g/mol. The van der Waals surface area contributed by atoms with Crippen molar-refractivity contribution in [3.05, 3.63) is 33.7 Å². The fourth-order valence-electron chi connectivity index (χ4n) is 3.92. The molecule has 4 heteroatoms. The smallest absolute Gasteiger partial charge is 0.260 e. The maximum absolute atomic E-state index is 12.4. The van der Waals surface area contributed by atoms with Crippen molar-refractivity contribution in [1.29, 1.82) is 0 Å². The van der Waals surface area contributed by atoms with Gasteiger partial charge in [0, 0.05) is 12.2 Å². The van der Waals surface area contributed by atoms with Crippen LogP contribution in [0.1, 0.15) is 36.9 Å². The van der Waals surface area contributed by atoms with Crippen molar-refractivity contribution in [2.75, 3.05) is 0 Å². The van der Waals surface area contributed by atoms with Crippen LogP contribution in [-0.4, -0.2) is 9.56 Å². The first-order chi connectivity index (χ1) is 9.06. The first kappa shape index (κ1) is 12.9. The lowest BCUT2D eigenvalue weighted by molar-refractivity contribution is 0.291. The molecular weight excluding hydrogens is 256 g/mol. The maximum Gasteiger partial charge on any atom is 0.260 e. The lowest BCUT2D eigenvalue weighted by atomic mass is 9.88. The zero-order valence-corrected chi connectivity index (χ0v) is 12.1. The summed E-state index contributed by atoms with van der Waals surface area (Å²) in [7, 11) is 0. The van der Waals surface area contributed by atoms with Crippen molar-refractivity contribution < 1.29 is 0 Å². The predicted molar refractivity (Wildman–Crippen MR) is 80.3 cm³/mol. The van der Waals surface area contributed by atoms with Crippen LogP contribution < -0.4 is 11.3 Å². The van der Waals surface area contributed by atoms with Gasteiger partial charge < -0.3 is 10.3 Å². The SMILES string of the molecule is Cc1ccc(C(N)=S)c(=O)n1CC1CC2CCC1C2. The molecule has 0 amide bonds. The van der Waals surface area contributed by atoms with E-state index in [-0.39, 0.29) is 10.5 Å². The van der Waals surface area contributed by atoms with E-state index in [1.165, 1.54) is 25.7 Å². The Labute approximate surface area is 118 Å². The summed E-state index contributed by atoms with van der Waals surface area (Å²) in [6.07, 6.45) is 5.39. The molecule has 0 saturated heterocycles. The molecule has 1 heterocycles. The van der Waals surface area contributed by atoms with Gasteiger partial charge in [-0.05, 0) is 56.1 Å². The van der Waals surface area contributed by atoms with Crippen molar-refractivity contribution in [2.45, 2.75) is 39.2 Å². The Morgan fingerprint density at radius 1 is 1.42 bits per heavy atom. The molecule has 19 heavy (non-hydrogen) atoms. The summed E-state index contributed by atoms with van der Waals surface area (Å²) in [5.74, 6) is 2.39. The third-order valence-electron chi connectivity index (χ3n) is 4.96. The van der Waals surface area contributed by atoms with E-state index < -0.39 is 0 Å². The lowest BCUT2D eigenvalue weighted by Gasteiger charge is -2.23. The van der Waals surface area contributed by atoms with E-state index in [0.29, 0.717) is 11.5 Å². The number of fused-ring (bicyclic) bond motifs is 2. The largest absolute Gasteiger partial charge is 0.389 e. The summed E-state index contributed by atoms with van der Waals surface area (Å²) in [5.41, 5.74) is 7.08. The number of nitrogens with two attached hydrogens (primary N) is 1. The summed E-state index contributed by atoms with van der Waals surface area (Å²) in [4.78, 5) is 12.6. The predicted octanol–water partition coefficient (Wildman–Crippen LogP) is 2.23. The Morgan fingerprint density at radius 3 is 2.79 bits per heavy atom. The number of aromatic nitrogens is 1. The van der Waals surface area contributed by atoms with E-state index in [2.05, 4.69) is 0 Å². The van der Waals surface area contributed by atoms with E-state index in [4.69, 9.17) is 18.0 Å². The van der Waals surface area contributed by atoms with Gasteiger partial charge in [-0.3, -0.25) is 4.79 Å². The van der Waals surface area contributed by atoms with Crippen LogP contribution >= 0.6 is 12.2 Å². The second-order valence-corrected chi connectivity index (χ2v) is 6.54. The van der Waals surface area contributed by atoms with E-state index in [1.807, 2.05) is 17.6 Å². The third-order valence-corrected chi connectivity index (χ3v) is 5.18. The molecule has 3 atom stereocenters. The zero-order chi connectivity index (χ0) is 13.6. The van der Waals surface area contributed by atoms with Crippen molar-refractivity contribution in [2.24, 2.45) is 23.5 Å². The van der Waals surface area contributed by atoms with Crippen LogP contribution in [0.15, 0.2) is 16.9 Å². The molecule has 2 bridgehead atoms. The van der Waals surface area contributed by atoms with Gasteiger partial charge in [-0.25, -0.2) is 0 Å². The average Bonchev–Trinajstić information content (AvgIpc) is 2.96. The van der Waals surface area contributed by atoms with Crippen molar-refractivity contribution in [3.63, 3.8) is 0 Å². The second-order valence-electron chi connectivity index (χ2n) is 6.10. The number of hydrogen-bond donors (Lipinski definition) is 1. The molecule has 3 unspecified atom stereocenters. The van der Waals surface area contributed by atoms with Crippen LogP contribution in [0.4, 0.5) is 0 Å². The minimum Gasteiger partial charge on any atom is -0.389 e. The van der Waals surface area contributed by atoms with Crippen molar-refractivity contribution >= 4 is 17.2 Å². The number of aryl methyl sites for hydroxylation is 1. The summed E-state index contributed by atoms with van der Waals surface area (Å²) >= 11 is 4.95. The van der Waals surface area contributed by atoms with Crippen LogP contribution in [-0.2, 0) is 6.54 Å².